The third kappa shape index (κ3) is 23.6. The van der Waals surface area contributed by atoms with E-state index >= 15 is 0 Å². The highest BCUT2D eigenvalue weighted by molar-refractivity contribution is 4.72. The fraction of sp³-hybridized carbons (Fsp3) is 1.00. The van der Waals surface area contributed by atoms with E-state index in [-0.39, 0.29) is 0 Å². The summed E-state index contributed by atoms with van der Waals surface area (Å²) < 4.78 is 0. The molecule has 0 radical (unpaired) electrons. The van der Waals surface area contributed by atoms with E-state index in [1.165, 1.54) is 212 Å². The first-order chi connectivity index (χ1) is 18.4. The van der Waals surface area contributed by atoms with Crippen LogP contribution >= 0.6 is 0 Å². The fourth-order valence-corrected chi connectivity index (χ4v) is 6.68. The third-order valence-corrected chi connectivity index (χ3v) is 9.30. The molecule has 0 saturated heterocycles. The van der Waals surface area contributed by atoms with Gasteiger partial charge in [0.25, 0.3) is 0 Å². The van der Waals surface area contributed by atoms with Crippen molar-refractivity contribution < 1.29 is 0 Å². The zero-order valence-corrected chi connectivity index (χ0v) is 26.4. The Bertz CT molecular complexity index is 407. The summed E-state index contributed by atoms with van der Waals surface area (Å²) >= 11 is 0. The van der Waals surface area contributed by atoms with Gasteiger partial charge in [0.15, 0.2) is 0 Å². The molecule has 0 spiro atoms. The molecule has 0 aromatic carbocycles. The lowest BCUT2D eigenvalue weighted by molar-refractivity contribution is 0.174. The van der Waals surface area contributed by atoms with Crippen LogP contribution in [0, 0.1) is 0 Å². The Balaban J connectivity index is 1.88. The standard InChI is InChI=1S/C36H73N/c1-3-5-6-7-8-9-10-11-12-13-14-15-16-17-18-19-23-26-29-32-35-37(4-2)36-33-30-27-24-21-20-22-25-28-31-34-36/h36H,3-35H2,1-2H3. The molecule has 1 fully saturated rings. The first-order valence-corrected chi connectivity index (χ1v) is 18.1. The van der Waals surface area contributed by atoms with Gasteiger partial charge in [0, 0.05) is 6.04 Å². The summed E-state index contributed by atoms with van der Waals surface area (Å²) in [4.78, 5) is 2.86. The first-order valence-electron chi connectivity index (χ1n) is 18.1. The van der Waals surface area contributed by atoms with Crippen LogP contribution in [-0.4, -0.2) is 24.0 Å². The first kappa shape index (κ1) is 35.0. The molecular formula is C36H73N. The maximum absolute atomic E-state index is 2.86. The largest absolute Gasteiger partial charge is 0.301 e. The molecule has 222 valence electrons. The van der Waals surface area contributed by atoms with Crippen LogP contribution in [0.3, 0.4) is 0 Å². The molecule has 1 rings (SSSR count). The number of rotatable bonds is 23. The molecule has 1 saturated carbocycles. The predicted octanol–water partition coefficient (Wildman–Crippen LogP) is 12.8. The van der Waals surface area contributed by atoms with Gasteiger partial charge >= 0.3 is 0 Å². The van der Waals surface area contributed by atoms with E-state index in [1.54, 1.807) is 0 Å². The summed E-state index contributed by atoms with van der Waals surface area (Å²) in [5.41, 5.74) is 0. The summed E-state index contributed by atoms with van der Waals surface area (Å²) in [5.74, 6) is 0. The molecule has 0 aromatic rings. The van der Waals surface area contributed by atoms with Crippen LogP contribution in [0.5, 0.6) is 0 Å². The van der Waals surface area contributed by atoms with E-state index in [1.807, 2.05) is 0 Å². The van der Waals surface area contributed by atoms with E-state index < -0.39 is 0 Å². The average Bonchev–Trinajstić information content (AvgIpc) is 2.90. The zero-order valence-electron chi connectivity index (χ0n) is 26.4. The molecule has 1 aliphatic rings. The molecule has 1 aliphatic carbocycles. The normalized spacial score (nSPS) is 16.6. The van der Waals surface area contributed by atoms with Gasteiger partial charge in [-0.2, -0.15) is 0 Å². The van der Waals surface area contributed by atoms with Crippen molar-refractivity contribution in [2.24, 2.45) is 0 Å². The van der Waals surface area contributed by atoms with Gasteiger partial charge in [0.2, 0.25) is 0 Å². The van der Waals surface area contributed by atoms with E-state index in [9.17, 15) is 0 Å². The molecule has 1 nitrogen and oxygen atoms in total. The molecule has 0 amide bonds. The molecule has 0 N–H and O–H groups in total. The van der Waals surface area contributed by atoms with Gasteiger partial charge in [-0.05, 0) is 32.4 Å². The van der Waals surface area contributed by atoms with Crippen molar-refractivity contribution in [2.45, 2.75) is 219 Å². The van der Waals surface area contributed by atoms with E-state index in [0.717, 1.165) is 6.04 Å². The van der Waals surface area contributed by atoms with E-state index in [0.29, 0.717) is 0 Å². The van der Waals surface area contributed by atoms with Gasteiger partial charge in [-0.3, -0.25) is 0 Å². The molecule has 0 atom stereocenters. The van der Waals surface area contributed by atoms with Crippen LogP contribution in [0.1, 0.15) is 213 Å². The van der Waals surface area contributed by atoms with Crippen molar-refractivity contribution in [3.63, 3.8) is 0 Å². The number of unbranched alkanes of at least 4 members (excludes halogenated alkanes) is 19. The maximum Gasteiger partial charge on any atom is 0.00951 e. The van der Waals surface area contributed by atoms with Crippen molar-refractivity contribution in [1.29, 1.82) is 0 Å². The van der Waals surface area contributed by atoms with E-state index in [2.05, 4.69) is 18.7 Å². The zero-order chi connectivity index (χ0) is 26.5. The summed E-state index contributed by atoms with van der Waals surface area (Å²) in [7, 11) is 0. The molecule has 1 heteroatoms. The maximum atomic E-state index is 2.86. The van der Waals surface area contributed by atoms with Crippen LogP contribution in [0.15, 0.2) is 0 Å². The fourth-order valence-electron chi connectivity index (χ4n) is 6.68. The van der Waals surface area contributed by atoms with Crippen LogP contribution in [0.25, 0.3) is 0 Å². The van der Waals surface area contributed by atoms with Crippen LogP contribution in [0.4, 0.5) is 0 Å². The van der Waals surface area contributed by atoms with Gasteiger partial charge in [-0.25, -0.2) is 0 Å². The van der Waals surface area contributed by atoms with Gasteiger partial charge < -0.3 is 4.90 Å². The van der Waals surface area contributed by atoms with Crippen molar-refractivity contribution in [1.82, 2.24) is 4.90 Å². The summed E-state index contributed by atoms with van der Waals surface area (Å²) in [6.45, 7) is 7.35. The minimum Gasteiger partial charge on any atom is -0.301 e. The summed E-state index contributed by atoms with van der Waals surface area (Å²) in [5, 5.41) is 0. The van der Waals surface area contributed by atoms with Crippen LogP contribution < -0.4 is 0 Å². The van der Waals surface area contributed by atoms with Crippen LogP contribution in [0.2, 0.25) is 0 Å². The van der Waals surface area contributed by atoms with Gasteiger partial charge in [0.05, 0.1) is 0 Å². The van der Waals surface area contributed by atoms with Crippen molar-refractivity contribution in [3.8, 4) is 0 Å². The third-order valence-electron chi connectivity index (χ3n) is 9.30. The number of nitrogens with zero attached hydrogens (tertiary/aromatic N) is 1. The lowest BCUT2D eigenvalue weighted by atomic mass is 9.96. The van der Waals surface area contributed by atoms with Crippen molar-refractivity contribution >= 4 is 0 Å². The quantitative estimate of drug-likeness (QED) is 0.121. The Labute approximate surface area is 236 Å². The summed E-state index contributed by atoms with van der Waals surface area (Å²) in [6.07, 6.45) is 45.7. The smallest absolute Gasteiger partial charge is 0.00951 e. The molecule has 0 unspecified atom stereocenters. The lowest BCUT2D eigenvalue weighted by Gasteiger charge is -2.31. The lowest BCUT2D eigenvalue weighted by Crippen LogP contribution is -2.36. The second-order valence-electron chi connectivity index (χ2n) is 12.8. The van der Waals surface area contributed by atoms with Crippen LogP contribution in [-0.2, 0) is 0 Å². The monoisotopic (exact) mass is 520 g/mol. The second-order valence-corrected chi connectivity index (χ2v) is 12.8. The van der Waals surface area contributed by atoms with Gasteiger partial charge in [0.1, 0.15) is 0 Å². The van der Waals surface area contributed by atoms with Crippen molar-refractivity contribution in [2.75, 3.05) is 13.1 Å². The molecular weight excluding hydrogens is 446 g/mol. The highest BCUT2D eigenvalue weighted by atomic mass is 15.1. The number of hydrogen-bond acceptors (Lipinski definition) is 1. The minimum atomic E-state index is 0.879. The van der Waals surface area contributed by atoms with Gasteiger partial charge in [-0.1, -0.05) is 194 Å². The SMILES string of the molecule is CCCCCCCCCCCCCCCCCCCCCCN(CC)C1CCCCCCCCCCC1. The molecule has 0 aromatic heterocycles. The molecule has 0 bridgehead atoms. The minimum absolute atomic E-state index is 0.879. The number of hydrogen-bond donors (Lipinski definition) is 0. The van der Waals surface area contributed by atoms with Crippen molar-refractivity contribution in [3.05, 3.63) is 0 Å². The Morgan fingerprint density at radius 1 is 0.378 bits per heavy atom. The predicted molar refractivity (Wildman–Crippen MR) is 170 cm³/mol. The Morgan fingerprint density at radius 2 is 0.676 bits per heavy atom. The Hall–Kier alpha value is -0.0400. The highest BCUT2D eigenvalue weighted by Gasteiger charge is 2.16. The van der Waals surface area contributed by atoms with E-state index in [4.69, 9.17) is 0 Å². The second kappa shape index (κ2) is 29.0. The topological polar surface area (TPSA) is 3.24 Å². The molecule has 0 aliphatic heterocycles. The average molecular weight is 520 g/mol. The highest BCUT2D eigenvalue weighted by Crippen LogP contribution is 2.21. The Kier molecular flexibility index (Phi) is 27.4. The Morgan fingerprint density at radius 3 is 1.00 bits per heavy atom. The summed E-state index contributed by atoms with van der Waals surface area (Å²) in [6, 6.07) is 0.879. The molecule has 0 heterocycles. The molecule has 37 heavy (non-hydrogen) atoms. The van der Waals surface area contributed by atoms with Gasteiger partial charge in [-0.15, -0.1) is 0 Å².